The number of anilines is 1. The number of carbonyl (C=O) groups is 1. The lowest BCUT2D eigenvalue weighted by molar-refractivity contribution is -0.138. The Hall–Kier alpha value is -2.14. The fourth-order valence-corrected chi connectivity index (χ4v) is 3.33. The van der Waals surface area contributed by atoms with Crippen LogP contribution in [0.15, 0.2) is 22.8 Å². The van der Waals surface area contributed by atoms with E-state index in [1.54, 1.807) is 23.3 Å². The highest BCUT2D eigenvalue weighted by Gasteiger charge is 2.36. The third-order valence-corrected chi connectivity index (χ3v) is 5.02. The van der Waals surface area contributed by atoms with Crippen molar-refractivity contribution in [3.05, 3.63) is 29.2 Å². The molecule has 0 unspecified atom stereocenters. The van der Waals surface area contributed by atoms with Gasteiger partial charge in [-0.3, -0.25) is 9.69 Å². The maximum atomic E-state index is 12.6. The van der Waals surface area contributed by atoms with Crippen LogP contribution < -0.4 is 10.2 Å². The van der Waals surface area contributed by atoms with E-state index in [9.17, 15) is 18.0 Å². The van der Waals surface area contributed by atoms with Gasteiger partial charge in [-0.1, -0.05) is 11.3 Å². The number of piperazine rings is 1. The van der Waals surface area contributed by atoms with E-state index in [-0.39, 0.29) is 11.0 Å². The number of halogens is 3. The number of amides is 1. The van der Waals surface area contributed by atoms with Crippen LogP contribution in [0.2, 0.25) is 0 Å². The van der Waals surface area contributed by atoms with Crippen LogP contribution in [0, 0.1) is 0 Å². The number of rotatable bonds is 6. The van der Waals surface area contributed by atoms with Crippen LogP contribution in [0.1, 0.15) is 17.2 Å². The van der Waals surface area contributed by atoms with Gasteiger partial charge in [0.05, 0.1) is 12.8 Å². The Kier molecular flexibility index (Phi) is 5.77. The molecule has 0 saturated carbocycles. The zero-order chi connectivity index (χ0) is 18.6. The number of hydrogen-bond acceptors (Lipinski definition) is 7. The van der Waals surface area contributed by atoms with Crippen molar-refractivity contribution in [1.29, 1.82) is 0 Å². The molecule has 0 aromatic carbocycles. The van der Waals surface area contributed by atoms with Gasteiger partial charge in [-0.15, -0.1) is 10.2 Å². The van der Waals surface area contributed by atoms with Crippen molar-refractivity contribution < 1.29 is 22.4 Å². The smallest absolute Gasteiger partial charge is 0.445 e. The van der Waals surface area contributed by atoms with Crippen molar-refractivity contribution in [1.82, 2.24) is 20.4 Å². The van der Waals surface area contributed by atoms with E-state index in [2.05, 4.69) is 20.4 Å². The van der Waals surface area contributed by atoms with E-state index in [4.69, 9.17) is 4.42 Å². The largest absolute Gasteiger partial charge is 0.467 e. The summed E-state index contributed by atoms with van der Waals surface area (Å²) in [6, 6.07) is 3.55. The summed E-state index contributed by atoms with van der Waals surface area (Å²) < 4.78 is 42.9. The topological polar surface area (TPSA) is 74.5 Å². The molecule has 1 amide bonds. The van der Waals surface area contributed by atoms with Gasteiger partial charge in [-0.2, -0.15) is 13.2 Å². The maximum absolute atomic E-state index is 12.6. The molecule has 0 aliphatic carbocycles. The Balaban J connectivity index is 1.38. The van der Waals surface area contributed by atoms with Gasteiger partial charge in [-0.05, 0) is 12.1 Å². The molecule has 1 fully saturated rings. The molecule has 1 aliphatic rings. The van der Waals surface area contributed by atoms with Gasteiger partial charge in [0.25, 0.3) is 0 Å². The second-order valence-electron chi connectivity index (χ2n) is 5.82. The summed E-state index contributed by atoms with van der Waals surface area (Å²) >= 11 is 0.558. The molecule has 11 heteroatoms. The summed E-state index contributed by atoms with van der Waals surface area (Å²) in [5.41, 5.74) is 0. The molecule has 3 rings (SSSR count). The fraction of sp³-hybridized carbons (Fsp3) is 0.533. The lowest BCUT2D eigenvalue weighted by atomic mass is 10.3. The van der Waals surface area contributed by atoms with Crippen LogP contribution in [-0.4, -0.2) is 53.7 Å². The van der Waals surface area contributed by atoms with Crippen molar-refractivity contribution >= 4 is 22.4 Å². The quantitative estimate of drug-likeness (QED) is 0.814. The minimum absolute atomic E-state index is 0.0669. The van der Waals surface area contributed by atoms with Crippen LogP contribution in [0.3, 0.4) is 0 Å². The zero-order valence-corrected chi connectivity index (χ0v) is 14.6. The van der Waals surface area contributed by atoms with Crippen LogP contribution in [0.5, 0.6) is 0 Å². The molecule has 26 heavy (non-hydrogen) atoms. The number of aromatic nitrogens is 2. The summed E-state index contributed by atoms with van der Waals surface area (Å²) in [7, 11) is 0. The molecular weight excluding hydrogens is 371 g/mol. The highest BCUT2D eigenvalue weighted by Crippen LogP contribution is 2.34. The third kappa shape index (κ3) is 4.94. The Bertz CT molecular complexity index is 711. The predicted octanol–water partition coefficient (Wildman–Crippen LogP) is 1.98. The zero-order valence-electron chi connectivity index (χ0n) is 13.8. The minimum Gasteiger partial charge on any atom is -0.467 e. The van der Waals surface area contributed by atoms with Gasteiger partial charge in [0.2, 0.25) is 16.0 Å². The van der Waals surface area contributed by atoms with Crippen LogP contribution in [0.25, 0.3) is 0 Å². The monoisotopic (exact) mass is 389 g/mol. The first-order valence-corrected chi connectivity index (χ1v) is 8.90. The molecule has 3 heterocycles. The normalized spacial score (nSPS) is 16.0. The lowest BCUT2D eigenvalue weighted by Crippen LogP contribution is -2.47. The van der Waals surface area contributed by atoms with E-state index in [1.165, 1.54) is 0 Å². The molecule has 0 atom stereocenters. The van der Waals surface area contributed by atoms with Gasteiger partial charge in [0.1, 0.15) is 5.76 Å². The second kappa shape index (κ2) is 8.04. The average Bonchev–Trinajstić information content (AvgIpc) is 3.29. The van der Waals surface area contributed by atoms with E-state index in [0.29, 0.717) is 62.8 Å². The van der Waals surface area contributed by atoms with Crippen molar-refractivity contribution in [2.45, 2.75) is 19.1 Å². The van der Waals surface area contributed by atoms with E-state index >= 15 is 0 Å². The fourth-order valence-electron chi connectivity index (χ4n) is 2.57. The van der Waals surface area contributed by atoms with E-state index in [0.717, 1.165) is 0 Å². The van der Waals surface area contributed by atoms with Crippen molar-refractivity contribution in [2.24, 2.45) is 0 Å². The van der Waals surface area contributed by atoms with Crippen LogP contribution >= 0.6 is 11.3 Å². The Morgan fingerprint density at radius 2 is 2.04 bits per heavy atom. The Morgan fingerprint density at radius 3 is 2.65 bits per heavy atom. The summed E-state index contributed by atoms with van der Waals surface area (Å²) in [4.78, 5) is 15.7. The van der Waals surface area contributed by atoms with Crippen LogP contribution in [0.4, 0.5) is 18.3 Å². The van der Waals surface area contributed by atoms with E-state index < -0.39 is 11.2 Å². The maximum Gasteiger partial charge on any atom is 0.445 e. The lowest BCUT2D eigenvalue weighted by Gasteiger charge is -2.34. The SMILES string of the molecule is O=C(CCN1CCN(c2nnc(C(F)(F)F)s2)CC1)NCc1ccco1. The molecule has 7 nitrogen and oxygen atoms in total. The minimum atomic E-state index is -4.46. The standard InChI is InChI=1S/C15H18F3N5O2S/c16-15(17,18)13-20-21-14(26-13)23-7-5-22(6-8-23)4-3-12(24)19-10-11-2-1-9-25-11/h1-2,9H,3-8,10H2,(H,19,24). The molecular formula is C15H18F3N5O2S. The van der Waals surface area contributed by atoms with Gasteiger partial charge in [0, 0.05) is 39.1 Å². The molecule has 0 bridgehead atoms. The predicted molar refractivity (Wildman–Crippen MR) is 88.7 cm³/mol. The number of nitrogens with one attached hydrogen (secondary N) is 1. The van der Waals surface area contributed by atoms with Crippen molar-refractivity contribution in [3.8, 4) is 0 Å². The first-order valence-electron chi connectivity index (χ1n) is 8.09. The molecule has 2 aromatic heterocycles. The third-order valence-electron chi connectivity index (χ3n) is 3.99. The average molecular weight is 389 g/mol. The van der Waals surface area contributed by atoms with E-state index in [1.807, 2.05) is 0 Å². The number of furan rings is 1. The molecule has 1 N–H and O–H groups in total. The van der Waals surface area contributed by atoms with Crippen LogP contribution in [-0.2, 0) is 17.5 Å². The molecule has 0 radical (unpaired) electrons. The molecule has 0 spiro atoms. The summed E-state index contributed by atoms with van der Waals surface area (Å²) in [5, 5.41) is 8.99. The molecule has 1 aliphatic heterocycles. The number of hydrogen-bond donors (Lipinski definition) is 1. The highest BCUT2D eigenvalue weighted by atomic mass is 32.1. The van der Waals surface area contributed by atoms with Gasteiger partial charge < -0.3 is 14.6 Å². The first-order chi connectivity index (χ1) is 12.4. The Labute approximate surface area is 151 Å². The van der Waals surface area contributed by atoms with Gasteiger partial charge in [0.15, 0.2) is 0 Å². The first kappa shape index (κ1) is 18.6. The summed E-state index contributed by atoms with van der Waals surface area (Å²) in [6.45, 7) is 3.39. The second-order valence-corrected chi connectivity index (χ2v) is 6.78. The molecule has 142 valence electrons. The molecule has 2 aromatic rings. The highest BCUT2D eigenvalue weighted by molar-refractivity contribution is 7.15. The van der Waals surface area contributed by atoms with Gasteiger partial charge >= 0.3 is 6.18 Å². The van der Waals surface area contributed by atoms with Crippen molar-refractivity contribution in [2.75, 3.05) is 37.6 Å². The summed E-state index contributed by atoms with van der Waals surface area (Å²) in [5.74, 6) is 0.630. The Morgan fingerprint density at radius 1 is 1.27 bits per heavy atom. The number of alkyl halides is 3. The van der Waals surface area contributed by atoms with Gasteiger partial charge in [-0.25, -0.2) is 0 Å². The summed E-state index contributed by atoms with van der Waals surface area (Å²) in [6.07, 6.45) is -2.55. The van der Waals surface area contributed by atoms with Crippen molar-refractivity contribution in [3.63, 3.8) is 0 Å². The number of carbonyl (C=O) groups excluding carboxylic acids is 1. The number of nitrogens with zero attached hydrogens (tertiary/aromatic N) is 4. The molecule has 1 saturated heterocycles.